The van der Waals surface area contributed by atoms with Gasteiger partial charge in [-0.15, -0.1) is 26.3 Å². The number of hydrogen-bond acceptors (Lipinski definition) is 0. The van der Waals surface area contributed by atoms with E-state index in [-0.39, 0.29) is 0 Å². The lowest BCUT2D eigenvalue weighted by Crippen LogP contribution is -2.19. The molecule has 236 valence electrons. The Labute approximate surface area is 259 Å². The second-order valence-electron chi connectivity index (χ2n) is 13.0. The second kappa shape index (κ2) is 28.6. The van der Waals surface area contributed by atoms with E-state index in [9.17, 15) is 0 Å². The highest BCUT2D eigenvalue weighted by molar-refractivity contribution is 5.08. The molecular weight excluding hydrogens is 492 g/mol. The highest BCUT2D eigenvalue weighted by Gasteiger charge is 2.26. The number of rotatable bonds is 31. The zero-order valence-electron chi connectivity index (χ0n) is 28.3. The summed E-state index contributed by atoms with van der Waals surface area (Å²) >= 11 is 0. The highest BCUT2D eigenvalue weighted by Crippen LogP contribution is 2.40. The zero-order valence-corrected chi connectivity index (χ0v) is 28.3. The van der Waals surface area contributed by atoms with Crippen LogP contribution in [-0.4, -0.2) is 0 Å². The van der Waals surface area contributed by atoms with Crippen LogP contribution in [0.15, 0.2) is 74.4 Å². The summed E-state index contributed by atoms with van der Waals surface area (Å²) in [4.78, 5) is 0. The van der Waals surface area contributed by atoms with Crippen LogP contribution in [0.5, 0.6) is 0 Å². The van der Waals surface area contributed by atoms with Crippen LogP contribution in [0.1, 0.15) is 168 Å². The molecule has 0 fully saturated rings. The van der Waals surface area contributed by atoms with Gasteiger partial charge in [-0.1, -0.05) is 133 Å². The third-order valence-electron chi connectivity index (χ3n) is 8.91. The summed E-state index contributed by atoms with van der Waals surface area (Å²) in [6, 6.07) is 0. The SMILES string of the molecule is C=CCCCCCCCCC(C=CC(C)CC(=CCCC)CCC(C)C=C)(CCCCC=C)CCCCCCC=C. The molecule has 0 aliphatic carbocycles. The fourth-order valence-corrected chi connectivity index (χ4v) is 6.00. The first-order chi connectivity index (χ1) is 20.0. The van der Waals surface area contributed by atoms with E-state index in [2.05, 4.69) is 89.6 Å². The van der Waals surface area contributed by atoms with Crippen molar-refractivity contribution in [1.29, 1.82) is 0 Å². The Hall–Kier alpha value is -1.56. The van der Waals surface area contributed by atoms with Crippen LogP contribution in [0.2, 0.25) is 0 Å². The first kappa shape index (κ1) is 39.4. The molecule has 0 amide bonds. The van der Waals surface area contributed by atoms with Gasteiger partial charge in [-0.3, -0.25) is 0 Å². The maximum Gasteiger partial charge on any atom is -0.0118 e. The van der Waals surface area contributed by atoms with E-state index in [4.69, 9.17) is 0 Å². The second-order valence-corrected chi connectivity index (χ2v) is 13.0. The molecule has 3 unspecified atom stereocenters. The Morgan fingerprint density at radius 3 is 1.56 bits per heavy atom. The van der Waals surface area contributed by atoms with E-state index >= 15 is 0 Å². The van der Waals surface area contributed by atoms with Crippen molar-refractivity contribution in [3.63, 3.8) is 0 Å². The van der Waals surface area contributed by atoms with Crippen LogP contribution in [0.4, 0.5) is 0 Å². The van der Waals surface area contributed by atoms with E-state index in [0.717, 1.165) is 12.8 Å². The molecule has 0 nitrogen and oxygen atoms in total. The maximum absolute atomic E-state index is 4.01. The summed E-state index contributed by atoms with van der Waals surface area (Å²) in [5.41, 5.74) is 2.02. The monoisotopic (exact) mass is 565 g/mol. The summed E-state index contributed by atoms with van der Waals surface area (Å²) in [6.45, 7) is 22.8. The molecule has 0 bridgehead atoms. The molecule has 0 saturated carbocycles. The first-order valence-corrected chi connectivity index (χ1v) is 17.8. The van der Waals surface area contributed by atoms with Crippen molar-refractivity contribution < 1.29 is 0 Å². The summed E-state index contributed by atoms with van der Waals surface area (Å²) < 4.78 is 0. The Morgan fingerprint density at radius 1 is 0.610 bits per heavy atom. The molecule has 0 rings (SSSR count). The molecule has 0 heterocycles. The van der Waals surface area contributed by atoms with Crippen molar-refractivity contribution >= 4 is 0 Å². The Kier molecular flexibility index (Phi) is 27.5. The van der Waals surface area contributed by atoms with Crippen molar-refractivity contribution in [1.82, 2.24) is 0 Å². The van der Waals surface area contributed by atoms with Crippen LogP contribution in [0.3, 0.4) is 0 Å². The van der Waals surface area contributed by atoms with Gasteiger partial charge in [0.25, 0.3) is 0 Å². The largest absolute Gasteiger partial charge is 0.103 e. The fraction of sp³-hybridized carbons (Fsp3) is 0.707. The fourth-order valence-electron chi connectivity index (χ4n) is 6.00. The summed E-state index contributed by atoms with van der Waals surface area (Å²) in [6.07, 6.45) is 46.0. The summed E-state index contributed by atoms with van der Waals surface area (Å²) in [5.74, 6) is 1.20. The van der Waals surface area contributed by atoms with Crippen molar-refractivity contribution in [3.05, 3.63) is 74.4 Å². The molecule has 3 atom stereocenters. The third-order valence-corrected chi connectivity index (χ3v) is 8.91. The molecule has 0 N–H and O–H groups in total. The summed E-state index contributed by atoms with van der Waals surface area (Å²) in [7, 11) is 0. The highest BCUT2D eigenvalue weighted by atomic mass is 14.3. The molecule has 0 aromatic carbocycles. The minimum atomic E-state index is 0.362. The topological polar surface area (TPSA) is 0 Å². The van der Waals surface area contributed by atoms with Gasteiger partial charge >= 0.3 is 0 Å². The van der Waals surface area contributed by atoms with E-state index in [1.54, 1.807) is 5.57 Å². The Morgan fingerprint density at radius 2 is 1.07 bits per heavy atom. The van der Waals surface area contributed by atoms with Crippen LogP contribution in [0, 0.1) is 17.3 Å². The van der Waals surface area contributed by atoms with E-state index in [1.807, 2.05) is 0 Å². The van der Waals surface area contributed by atoms with Gasteiger partial charge in [0.05, 0.1) is 0 Å². The van der Waals surface area contributed by atoms with Crippen molar-refractivity contribution in [2.45, 2.75) is 168 Å². The molecule has 0 spiro atoms. The molecule has 0 saturated heterocycles. The van der Waals surface area contributed by atoms with Crippen molar-refractivity contribution in [3.8, 4) is 0 Å². The predicted molar refractivity (Wildman–Crippen MR) is 191 cm³/mol. The van der Waals surface area contributed by atoms with Crippen molar-refractivity contribution in [2.24, 2.45) is 17.3 Å². The average Bonchev–Trinajstić information content (AvgIpc) is 2.98. The molecule has 0 aliphatic heterocycles. The van der Waals surface area contributed by atoms with Crippen LogP contribution >= 0.6 is 0 Å². The van der Waals surface area contributed by atoms with Gasteiger partial charge in [-0.2, -0.15) is 0 Å². The maximum atomic E-state index is 4.01. The quantitative estimate of drug-likeness (QED) is 0.0580. The Balaban J connectivity index is 5.50. The molecule has 0 aromatic rings. The average molecular weight is 565 g/mol. The normalized spacial score (nSPS) is 15.0. The number of hydrogen-bond donors (Lipinski definition) is 0. The standard InChI is InChI=1S/C41H72/c1-8-13-17-20-22-23-25-28-35-41(33-26-19-15-10-3,34-27-24-21-18-14-9-2)36-32-39(7)37-40(29-16-11-4)31-30-38(6)12-5/h8-10,12,29,32,36,38-39H,1-3,5,11,13-28,30-31,33-35,37H2,4,6-7H3. The first-order valence-electron chi connectivity index (χ1n) is 17.8. The zero-order chi connectivity index (χ0) is 30.4. The van der Waals surface area contributed by atoms with Gasteiger partial charge in [0.15, 0.2) is 0 Å². The van der Waals surface area contributed by atoms with E-state index in [0.29, 0.717) is 17.3 Å². The lowest BCUT2D eigenvalue weighted by atomic mass is 9.73. The molecule has 41 heavy (non-hydrogen) atoms. The lowest BCUT2D eigenvalue weighted by Gasteiger charge is -2.32. The summed E-state index contributed by atoms with van der Waals surface area (Å²) in [5, 5.41) is 0. The molecule has 0 aromatic heterocycles. The molecule has 0 radical (unpaired) electrons. The number of unbranched alkanes of at least 4 members (excludes halogenated alkanes) is 13. The smallest absolute Gasteiger partial charge is 0.0118 e. The lowest BCUT2D eigenvalue weighted by molar-refractivity contribution is 0.264. The van der Waals surface area contributed by atoms with Gasteiger partial charge in [0.2, 0.25) is 0 Å². The third kappa shape index (κ3) is 23.7. The van der Waals surface area contributed by atoms with Gasteiger partial charge in [-0.05, 0) is 101 Å². The minimum absolute atomic E-state index is 0.362. The van der Waals surface area contributed by atoms with Gasteiger partial charge < -0.3 is 0 Å². The van der Waals surface area contributed by atoms with Crippen LogP contribution < -0.4 is 0 Å². The van der Waals surface area contributed by atoms with Crippen LogP contribution in [0.25, 0.3) is 0 Å². The van der Waals surface area contributed by atoms with Gasteiger partial charge in [0, 0.05) is 0 Å². The van der Waals surface area contributed by atoms with Crippen molar-refractivity contribution in [2.75, 3.05) is 0 Å². The molecule has 0 heteroatoms. The van der Waals surface area contributed by atoms with E-state index in [1.165, 1.54) is 135 Å². The van der Waals surface area contributed by atoms with Crippen LogP contribution in [-0.2, 0) is 0 Å². The van der Waals surface area contributed by atoms with Gasteiger partial charge in [0.1, 0.15) is 0 Å². The molecule has 0 aliphatic rings. The molecular formula is C41H72. The van der Waals surface area contributed by atoms with E-state index < -0.39 is 0 Å². The number of allylic oxidation sites excluding steroid dienone is 8. The predicted octanol–water partition coefficient (Wildman–Crippen LogP) is 14.5. The Bertz CT molecular complexity index is 691. The minimum Gasteiger partial charge on any atom is -0.103 e. The van der Waals surface area contributed by atoms with Gasteiger partial charge in [-0.25, -0.2) is 0 Å².